The van der Waals surface area contributed by atoms with E-state index in [1.165, 1.54) is 5.56 Å². The summed E-state index contributed by atoms with van der Waals surface area (Å²) in [5, 5.41) is 8.90. The molecular formula is C23H25N3O2. The number of amides is 1. The smallest absolute Gasteiger partial charge is 0.253 e. The highest BCUT2D eigenvalue weighted by Gasteiger charge is 2.45. The van der Waals surface area contributed by atoms with Crippen LogP contribution in [0, 0.1) is 16.7 Å². The molecule has 5 nitrogen and oxygen atoms in total. The Hall–Kier alpha value is -2.84. The molecule has 1 spiro atoms. The van der Waals surface area contributed by atoms with E-state index < -0.39 is 0 Å². The van der Waals surface area contributed by atoms with Gasteiger partial charge in [-0.05, 0) is 60.2 Å². The predicted molar refractivity (Wildman–Crippen MR) is 107 cm³/mol. The Balaban J connectivity index is 1.27. The van der Waals surface area contributed by atoms with Crippen molar-refractivity contribution in [1.29, 1.82) is 5.26 Å². The van der Waals surface area contributed by atoms with Crippen LogP contribution in [0.1, 0.15) is 34.3 Å². The zero-order valence-electron chi connectivity index (χ0n) is 16.2. The number of hydrogen-bond donors (Lipinski definition) is 0. The maximum absolute atomic E-state index is 12.7. The van der Waals surface area contributed by atoms with Gasteiger partial charge in [-0.25, -0.2) is 0 Å². The fraction of sp³-hybridized carbons (Fsp3) is 0.391. The number of rotatable bonds is 4. The third-order valence-corrected chi connectivity index (χ3v) is 6.06. The van der Waals surface area contributed by atoms with E-state index in [9.17, 15) is 4.79 Å². The summed E-state index contributed by atoms with van der Waals surface area (Å²) < 4.78 is 5.16. The molecule has 0 radical (unpaired) electrons. The van der Waals surface area contributed by atoms with Crippen LogP contribution in [0.5, 0.6) is 5.75 Å². The molecule has 4 rings (SSSR count). The molecule has 2 saturated heterocycles. The average Bonchev–Trinajstić information content (AvgIpc) is 2.73. The van der Waals surface area contributed by atoms with Crippen molar-refractivity contribution in [3.8, 4) is 11.8 Å². The summed E-state index contributed by atoms with van der Waals surface area (Å²) in [6, 6.07) is 17.4. The second-order valence-electron chi connectivity index (χ2n) is 7.97. The van der Waals surface area contributed by atoms with Crippen molar-refractivity contribution >= 4 is 5.91 Å². The van der Waals surface area contributed by atoms with Gasteiger partial charge in [-0.2, -0.15) is 5.26 Å². The highest BCUT2D eigenvalue weighted by atomic mass is 16.5. The summed E-state index contributed by atoms with van der Waals surface area (Å²) in [5.74, 6) is 0.886. The van der Waals surface area contributed by atoms with Crippen LogP contribution in [-0.4, -0.2) is 49.0 Å². The Bertz CT molecular complexity index is 868. The zero-order valence-corrected chi connectivity index (χ0v) is 16.2. The van der Waals surface area contributed by atoms with Crippen molar-refractivity contribution in [3.63, 3.8) is 0 Å². The van der Waals surface area contributed by atoms with Gasteiger partial charge in [-0.15, -0.1) is 0 Å². The first kappa shape index (κ1) is 18.5. The second-order valence-corrected chi connectivity index (χ2v) is 7.97. The Morgan fingerprint density at radius 2 is 1.71 bits per heavy atom. The Morgan fingerprint density at radius 3 is 2.29 bits per heavy atom. The van der Waals surface area contributed by atoms with Gasteiger partial charge in [0.05, 0.1) is 18.7 Å². The molecule has 2 aromatic carbocycles. The minimum Gasteiger partial charge on any atom is -0.497 e. The summed E-state index contributed by atoms with van der Waals surface area (Å²) in [6.45, 7) is 4.78. The first-order chi connectivity index (χ1) is 13.6. The lowest BCUT2D eigenvalue weighted by molar-refractivity contribution is -0.0465. The Morgan fingerprint density at radius 1 is 1.07 bits per heavy atom. The van der Waals surface area contributed by atoms with E-state index in [2.05, 4.69) is 11.0 Å². The Kier molecular flexibility index (Phi) is 5.06. The van der Waals surface area contributed by atoms with Crippen molar-refractivity contribution < 1.29 is 9.53 Å². The minimum absolute atomic E-state index is 0.117. The topological polar surface area (TPSA) is 56.6 Å². The number of nitriles is 1. The molecule has 0 aliphatic carbocycles. The SMILES string of the molecule is COc1ccc(C(=O)N2CCC3(CC2)CN(Cc2ccc(C#N)cc2)C3)cc1. The van der Waals surface area contributed by atoms with Crippen LogP contribution < -0.4 is 4.74 Å². The van der Waals surface area contributed by atoms with Gasteiger partial charge < -0.3 is 9.64 Å². The summed E-state index contributed by atoms with van der Waals surface area (Å²) in [5.41, 5.74) is 3.05. The van der Waals surface area contributed by atoms with Crippen LogP contribution in [-0.2, 0) is 6.54 Å². The number of piperidine rings is 1. The normalized spacial score (nSPS) is 18.4. The summed E-state index contributed by atoms with van der Waals surface area (Å²) >= 11 is 0. The predicted octanol–water partition coefficient (Wildman–Crippen LogP) is 3.31. The molecule has 0 saturated carbocycles. The lowest BCUT2D eigenvalue weighted by Crippen LogP contribution is -2.60. The summed E-state index contributed by atoms with van der Waals surface area (Å²) in [7, 11) is 1.63. The lowest BCUT2D eigenvalue weighted by atomic mass is 9.72. The van der Waals surface area contributed by atoms with Gasteiger partial charge in [-0.3, -0.25) is 9.69 Å². The summed E-state index contributed by atoms with van der Waals surface area (Å²) in [4.78, 5) is 17.2. The van der Waals surface area contributed by atoms with E-state index in [1.807, 2.05) is 53.4 Å². The van der Waals surface area contributed by atoms with Crippen LogP contribution in [0.15, 0.2) is 48.5 Å². The van der Waals surface area contributed by atoms with Gasteiger partial charge in [0, 0.05) is 38.3 Å². The van der Waals surface area contributed by atoms with E-state index in [-0.39, 0.29) is 5.91 Å². The average molecular weight is 375 g/mol. The van der Waals surface area contributed by atoms with Gasteiger partial charge in [0.2, 0.25) is 0 Å². The van der Waals surface area contributed by atoms with Crippen LogP contribution in [0.2, 0.25) is 0 Å². The maximum atomic E-state index is 12.7. The van der Waals surface area contributed by atoms with E-state index in [0.29, 0.717) is 11.0 Å². The number of methoxy groups -OCH3 is 1. The maximum Gasteiger partial charge on any atom is 0.253 e. The minimum atomic E-state index is 0.117. The molecule has 0 N–H and O–H groups in total. The standard InChI is InChI=1S/C23H25N3O2/c1-28-21-8-6-20(7-9-21)22(27)26-12-10-23(11-13-26)16-25(17-23)15-19-4-2-18(14-24)3-5-19/h2-9H,10-13,15-17H2,1H3. The molecule has 1 amide bonds. The third kappa shape index (κ3) is 3.74. The van der Waals surface area contributed by atoms with Gasteiger partial charge in [0.1, 0.15) is 5.75 Å². The van der Waals surface area contributed by atoms with Gasteiger partial charge in [0.25, 0.3) is 5.91 Å². The number of carbonyl (C=O) groups is 1. The number of nitrogens with zero attached hydrogens (tertiary/aromatic N) is 3. The second kappa shape index (κ2) is 7.65. The molecule has 0 bridgehead atoms. The Labute approximate surface area is 166 Å². The fourth-order valence-corrected chi connectivity index (χ4v) is 4.37. The highest BCUT2D eigenvalue weighted by molar-refractivity contribution is 5.94. The molecule has 28 heavy (non-hydrogen) atoms. The molecule has 144 valence electrons. The van der Waals surface area contributed by atoms with Crippen LogP contribution in [0.25, 0.3) is 0 Å². The number of ether oxygens (including phenoxy) is 1. The molecule has 2 aromatic rings. The number of carbonyl (C=O) groups excluding carboxylic acids is 1. The van der Waals surface area contributed by atoms with Crippen molar-refractivity contribution in [2.24, 2.45) is 5.41 Å². The van der Waals surface area contributed by atoms with Crippen LogP contribution in [0.4, 0.5) is 0 Å². The van der Waals surface area contributed by atoms with Crippen molar-refractivity contribution in [1.82, 2.24) is 9.80 Å². The summed E-state index contributed by atoms with van der Waals surface area (Å²) in [6.07, 6.45) is 2.14. The van der Waals surface area contributed by atoms with Crippen molar-refractivity contribution in [3.05, 3.63) is 65.2 Å². The molecule has 0 aromatic heterocycles. The molecule has 5 heteroatoms. The zero-order chi connectivity index (χ0) is 19.6. The van der Waals surface area contributed by atoms with E-state index in [1.54, 1.807) is 7.11 Å². The number of benzene rings is 2. The highest BCUT2D eigenvalue weighted by Crippen LogP contribution is 2.41. The largest absolute Gasteiger partial charge is 0.497 e. The number of hydrogen-bond acceptors (Lipinski definition) is 4. The van der Waals surface area contributed by atoms with E-state index in [4.69, 9.17) is 10.00 Å². The number of likely N-dealkylation sites (tertiary alicyclic amines) is 2. The molecular weight excluding hydrogens is 350 g/mol. The molecule has 0 atom stereocenters. The van der Waals surface area contributed by atoms with Gasteiger partial charge in [0.15, 0.2) is 0 Å². The van der Waals surface area contributed by atoms with Gasteiger partial charge in [-0.1, -0.05) is 12.1 Å². The monoisotopic (exact) mass is 375 g/mol. The molecule has 0 unspecified atom stereocenters. The molecule has 2 aliphatic heterocycles. The van der Waals surface area contributed by atoms with Crippen molar-refractivity contribution in [2.75, 3.05) is 33.3 Å². The van der Waals surface area contributed by atoms with Crippen LogP contribution in [0.3, 0.4) is 0 Å². The van der Waals surface area contributed by atoms with E-state index in [0.717, 1.165) is 56.9 Å². The molecule has 2 fully saturated rings. The fourth-order valence-electron chi connectivity index (χ4n) is 4.37. The van der Waals surface area contributed by atoms with Crippen molar-refractivity contribution in [2.45, 2.75) is 19.4 Å². The lowest BCUT2D eigenvalue weighted by Gasteiger charge is -2.54. The van der Waals surface area contributed by atoms with Crippen LogP contribution >= 0.6 is 0 Å². The van der Waals surface area contributed by atoms with Gasteiger partial charge >= 0.3 is 0 Å². The van der Waals surface area contributed by atoms with E-state index >= 15 is 0 Å². The molecule has 2 aliphatic rings. The first-order valence-electron chi connectivity index (χ1n) is 9.76. The third-order valence-electron chi connectivity index (χ3n) is 6.06. The first-order valence-corrected chi connectivity index (χ1v) is 9.76. The molecule has 2 heterocycles. The quantitative estimate of drug-likeness (QED) is 0.823.